The lowest BCUT2D eigenvalue weighted by Gasteiger charge is -2.40. The minimum absolute atomic E-state index is 0.145. The highest BCUT2D eigenvalue weighted by molar-refractivity contribution is 5.97. The van der Waals surface area contributed by atoms with Gasteiger partial charge in [-0.15, -0.1) is 0 Å². The minimum atomic E-state index is -0.254. The van der Waals surface area contributed by atoms with Gasteiger partial charge < -0.3 is 68.8 Å². The molecule has 7 aromatic rings. The maximum atomic E-state index is 12.2. The number of hydrogen-bond donors (Lipinski definition) is 3. The van der Waals surface area contributed by atoms with Crippen LogP contribution in [0.1, 0.15) is 208 Å². The van der Waals surface area contributed by atoms with Crippen molar-refractivity contribution in [3.05, 3.63) is 196 Å². The van der Waals surface area contributed by atoms with E-state index in [0.29, 0.717) is 0 Å². The first kappa shape index (κ1) is 74.6. The fraction of sp³-hybridized carbons (Fsp3) is 0.495. The van der Waals surface area contributed by atoms with Crippen LogP contribution in [0.15, 0.2) is 116 Å². The van der Waals surface area contributed by atoms with Crippen LogP contribution in [-0.2, 0) is 70.6 Å². The van der Waals surface area contributed by atoms with Gasteiger partial charge >= 0.3 is 11.3 Å². The molecule has 5 aromatic carbocycles. The summed E-state index contributed by atoms with van der Waals surface area (Å²) in [4.78, 5) is 39.4. The molecular formula is C95H117N9O7. The quantitative estimate of drug-likeness (QED) is 0.105. The number of anilines is 6. The van der Waals surface area contributed by atoms with Gasteiger partial charge in [0.1, 0.15) is 45.7 Å². The van der Waals surface area contributed by atoms with Crippen molar-refractivity contribution < 1.29 is 23.0 Å². The van der Waals surface area contributed by atoms with Gasteiger partial charge in [0.05, 0.1) is 11.4 Å². The molecule has 1 atom stereocenters. The smallest absolute Gasteiger partial charge is 0.339 e. The van der Waals surface area contributed by atoms with E-state index in [0.717, 1.165) is 210 Å². The third kappa shape index (κ3) is 14.8. The predicted octanol–water partition coefficient (Wildman–Crippen LogP) is 17.6. The van der Waals surface area contributed by atoms with Gasteiger partial charge in [0.15, 0.2) is 0 Å². The van der Waals surface area contributed by atoms with E-state index in [4.69, 9.17) is 28.8 Å². The number of piperidine rings is 1. The largest absolute Gasteiger partial charge is 0.457 e. The SMILES string of the molecule is C=C1C=C(CC(C)N)c2cc3c4c(c2O1)CCCN4CCC3.C=C1C=C(CCNC)c2cc3c4c(c2O1)CCCN4CCC3.C=C1C=C(N2CCCCC2)c2cc3c4c(c2O1)CCCN4CCC3.CCCNc1cc(=O)oc2c3c4c(cc12)CCCN4CCC3.CCCc1cc2cc3c4c(c2oc1=O)CCCN4CCC3. The molecule has 14 aliphatic heterocycles. The Labute approximate surface area is 657 Å². The number of nitrogens with zero attached hydrogens (tertiary/aromatic N) is 6. The lowest BCUT2D eigenvalue weighted by molar-refractivity contribution is 0.319. The first-order valence-corrected chi connectivity index (χ1v) is 43.0. The van der Waals surface area contributed by atoms with Gasteiger partial charge in [-0.3, -0.25) is 0 Å². The highest BCUT2D eigenvalue weighted by Gasteiger charge is 2.37. The second-order valence-corrected chi connectivity index (χ2v) is 33.6. The van der Waals surface area contributed by atoms with Gasteiger partial charge in [0, 0.05) is 193 Å². The summed E-state index contributed by atoms with van der Waals surface area (Å²) >= 11 is 0. The number of rotatable bonds is 11. The van der Waals surface area contributed by atoms with E-state index < -0.39 is 0 Å². The van der Waals surface area contributed by atoms with E-state index in [1.165, 1.54) is 247 Å². The average molecular weight is 1500 g/mol. The molecule has 21 rings (SSSR count). The summed E-state index contributed by atoms with van der Waals surface area (Å²) in [6.07, 6.45) is 38.5. The van der Waals surface area contributed by atoms with Crippen molar-refractivity contribution in [2.75, 3.05) is 128 Å². The Bertz CT molecular complexity index is 5030. The third-order valence-electron chi connectivity index (χ3n) is 25.5. The van der Waals surface area contributed by atoms with Crippen LogP contribution in [0.3, 0.4) is 0 Å². The van der Waals surface area contributed by atoms with Crippen molar-refractivity contribution in [1.29, 1.82) is 0 Å². The third-order valence-corrected chi connectivity index (χ3v) is 25.5. The van der Waals surface area contributed by atoms with Crippen LogP contribution in [0, 0.1) is 0 Å². The molecule has 0 amide bonds. The maximum Gasteiger partial charge on any atom is 0.339 e. The molecule has 0 aliphatic carbocycles. The predicted molar refractivity (Wildman–Crippen MR) is 457 cm³/mol. The van der Waals surface area contributed by atoms with Crippen molar-refractivity contribution in [1.82, 2.24) is 10.2 Å². The lowest BCUT2D eigenvalue weighted by atomic mass is 9.85. The number of benzene rings is 5. The molecule has 0 saturated carbocycles. The number of fused-ring (bicyclic) bond motifs is 10. The monoisotopic (exact) mass is 1500 g/mol. The van der Waals surface area contributed by atoms with Crippen LogP contribution in [0.5, 0.6) is 17.2 Å². The molecule has 111 heavy (non-hydrogen) atoms. The van der Waals surface area contributed by atoms with E-state index in [-0.39, 0.29) is 17.3 Å². The highest BCUT2D eigenvalue weighted by Crippen LogP contribution is 2.52. The van der Waals surface area contributed by atoms with Crippen molar-refractivity contribution in [2.24, 2.45) is 5.73 Å². The Hall–Kier alpha value is -9.12. The Morgan fingerprint density at radius 3 is 1.35 bits per heavy atom. The Morgan fingerprint density at radius 2 is 0.856 bits per heavy atom. The zero-order chi connectivity index (χ0) is 76.0. The molecule has 16 nitrogen and oxygen atoms in total. The summed E-state index contributed by atoms with van der Waals surface area (Å²) in [6, 6.07) is 15.5. The van der Waals surface area contributed by atoms with Gasteiger partial charge in [-0.25, -0.2) is 9.59 Å². The molecule has 584 valence electrons. The van der Waals surface area contributed by atoms with Crippen LogP contribution >= 0.6 is 0 Å². The fourth-order valence-electron chi connectivity index (χ4n) is 21.0. The summed E-state index contributed by atoms with van der Waals surface area (Å²) in [5.74, 6) is 5.56. The number of aryl methyl sites for hydroxylation is 8. The van der Waals surface area contributed by atoms with Gasteiger partial charge in [0.2, 0.25) is 0 Å². The van der Waals surface area contributed by atoms with E-state index in [1.54, 1.807) is 6.07 Å². The second-order valence-electron chi connectivity index (χ2n) is 33.6. The number of allylic oxidation sites excluding steroid dienone is 3. The Kier molecular flexibility index (Phi) is 21.9. The van der Waals surface area contributed by atoms with Crippen LogP contribution < -0.4 is 66.3 Å². The Morgan fingerprint density at radius 1 is 0.432 bits per heavy atom. The van der Waals surface area contributed by atoms with Gasteiger partial charge in [-0.05, 0) is 281 Å². The minimum Gasteiger partial charge on any atom is -0.457 e. The summed E-state index contributed by atoms with van der Waals surface area (Å²) in [6.45, 7) is 34.4. The normalized spacial score (nSPS) is 19.3. The average Bonchev–Trinajstić information content (AvgIpc) is 0.763. The van der Waals surface area contributed by atoms with Gasteiger partial charge in [0.25, 0.3) is 0 Å². The molecule has 0 bridgehead atoms. The van der Waals surface area contributed by atoms with E-state index >= 15 is 0 Å². The van der Waals surface area contributed by atoms with E-state index in [2.05, 4.69) is 135 Å². The topological polar surface area (TPSA) is 158 Å². The van der Waals surface area contributed by atoms with E-state index in [9.17, 15) is 9.59 Å². The molecule has 2 aromatic heterocycles. The summed E-state index contributed by atoms with van der Waals surface area (Å²) in [5, 5.41) is 8.84. The zero-order valence-electron chi connectivity index (χ0n) is 66.8. The molecular weight excluding hydrogens is 1380 g/mol. The van der Waals surface area contributed by atoms with Crippen LogP contribution in [0.2, 0.25) is 0 Å². The molecule has 16 heterocycles. The Balaban J connectivity index is 0.000000101. The zero-order valence-corrected chi connectivity index (χ0v) is 66.8. The molecule has 0 spiro atoms. The van der Waals surface area contributed by atoms with Crippen LogP contribution in [0.4, 0.5) is 34.1 Å². The highest BCUT2D eigenvalue weighted by atomic mass is 16.5. The molecule has 1 saturated heterocycles. The number of ether oxygens (including phenoxy) is 3. The summed E-state index contributed by atoms with van der Waals surface area (Å²) in [7, 11) is 2.00. The van der Waals surface area contributed by atoms with Crippen molar-refractivity contribution in [2.45, 2.75) is 207 Å². The molecule has 4 N–H and O–H groups in total. The van der Waals surface area contributed by atoms with Crippen molar-refractivity contribution in [3.8, 4) is 17.2 Å². The van der Waals surface area contributed by atoms with Gasteiger partial charge in [-0.2, -0.15) is 0 Å². The molecule has 1 unspecified atom stereocenters. The van der Waals surface area contributed by atoms with Crippen molar-refractivity contribution >= 4 is 72.9 Å². The lowest BCUT2D eigenvalue weighted by Crippen LogP contribution is -2.35. The number of nitrogens with one attached hydrogen (secondary N) is 2. The van der Waals surface area contributed by atoms with Crippen LogP contribution in [0.25, 0.3) is 38.8 Å². The van der Waals surface area contributed by atoms with Gasteiger partial charge in [-0.1, -0.05) is 40.0 Å². The summed E-state index contributed by atoms with van der Waals surface area (Å²) in [5.41, 5.74) is 38.2. The van der Waals surface area contributed by atoms with E-state index in [1.807, 2.05) is 7.05 Å². The van der Waals surface area contributed by atoms with Crippen molar-refractivity contribution in [3.63, 3.8) is 0 Å². The first-order chi connectivity index (χ1) is 54.3. The second kappa shape index (κ2) is 32.5. The number of hydrogen-bond acceptors (Lipinski definition) is 16. The number of nitrogens with two attached hydrogens (primary N) is 1. The molecule has 0 radical (unpaired) electrons. The molecule has 14 aliphatic rings. The first-order valence-electron chi connectivity index (χ1n) is 43.0. The van der Waals surface area contributed by atoms with Crippen LogP contribution in [-0.4, -0.2) is 110 Å². The fourth-order valence-corrected chi connectivity index (χ4v) is 21.0. The summed E-state index contributed by atoms with van der Waals surface area (Å²) < 4.78 is 29.7. The molecule has 16 heteroatoms. The number of likely N-dealkylation sites (tertiary alicyclic amines) is 1. The molecule has 1 fully saturated rings. The standard InChI is InChI=1S/C21H26N2O.2C19H24N2O.C18H22N2O2.C18H21NO2/c1-15-13-19(22-9-3-2-4-10-22)18-14-16-7-5-11-23-12-6-8-17(20(16)23)21(18)24-15;1-13-11-14(7-8-20-2)17-12-15-5-3-9-21-10-4-6-16(18(15)21)19(17)22-13;1-12(20)9-15-10-13(2)22-19-16-6-4-8-21-7-3-5-14(18(16)21)11-17(15)19;1-2-7-19-15-11-16(21)22-18-13-6-4-9-20-8-3-5-12(17(13)20)10-14(15)18;1-2-5-13-11-14-10-12-6-3-8-19-9-4-7-15(16(12)19)17(14)21-18(13)20/h13-14H,1-12H2;11-12,20H,1,3-10H2,2H3;10-12H,2-9,20H2,1H3;10-11,19H,2-9H2,1H3;10-11H,2-9H2,1H3. The maximum absolute atomic E-state index is 12.2.